The summed E-state index contributed by atoms with van der Waals surface area (Å²) in [5.41, 5.74) is 6.80. The number of hydrogen-bond acceptors (Lipinski definition) is 5. The van der Waals surface area contributed by atoms with Crippen LogP contribution in [0.3, 0.4) is 0 Å². The number of thiazole rings is 1. The quantitative estimate of drug-likeness (QED) is 0.758. The van der Waals surface area contributed by atoms with Gasteiger partial charge < -0.3 is 16.2 Å². The number of anilines is 1. The molecule has 2 aromatic rings. The van der Waals surface area contributed by atoms with Crippen molar-refractivity contribution in [3.05, 3.63) is 40.3 Å². The first-order valence-corrected chi connectivity index (χ1v) is 7.27. The van der Waals surface area contributed by atoms with Crippen molar-refractivity contribution in [3.8, 4) is 5.75 Å². The van der Waals surface area contributed by atoms with E-state index in [0.717, 1.165) is 23.5 Å². The molecule has 1 aromatic heterocycles. The molecule has 0 fully saturated rings. The van der Waals surface area contributed by atoms with Crippen LogP contribution in [0.1, 0.15) is 17.1 Å². The Labute approximate surface area is 121 Å². The van der Waals surface area contributed by atoms with Crippen molar-refractivity contribution in [2.45, 2.75) is 19.3 Å². The predicted octanol–water partition coefficient (Wildman–Crippen LogP) is 1.92. The molecule has 0 unspecified atom stereocenters. The normalized spacial score (nSPS) is 10.4. The van der Waals surface area contributed by atoms with Crippen molar-refractivity contribution in [2.24, 2.45) is 5.73 Å². The average Bonchev–Trinajstić information content (AvgIpc) is 2.83. The molecule has 5 nitrogen and oxygen atoms in total. The van der Waals surface area contributed by atoms with Crippen molar-refractivity contribution in [3.63, 3.8) is 0 Å². The minimum absolute atomic E-state index is 0.125. The maximum Gasteiger partial charge on any atom is 0.230 e. The van der Waals surface area contributed by atoms with Crippen LogP contribution in [0.15, 0.2) is 29.6 Å². The SMILES string of the molecule is NCCCc1nc(CC(=O)Nc2cccc(O)c2)cs1. The van der Waals surface area contributed by atoms with Crippen molar-refractivity contribution in [1.82, 2.24) is 4.98 Å². The highest BCUT2D eigenvalue weighted by Crippen LogP contribution is 2.16. The lowest BCUT2D eigenvalue weighted by atomic mass is 10.2. The second-order valence-electron chi connectivity index (χ2n) is 4.40. The molecule has 6 heteroatoms. The summed E-state index contributed by atoms with van der Waals surface area (Å²) in [7, 11) is 0. The molecular weight excluding hydrogens is 274 g/mol. The standard InChI is InChI=1S/C14H17N3O2S/c15-6-2-5-14-17-11(9-20-14)8-13(19)16-10-3-1-4-12(18)7-10/h1,3-4,7,9,18H,2,5-6,8,15H2,(H,16,19). The summed E-state index contributed by atoms with van der Waals surface area (Å²) in [5, 5.41) is 15.0. The molecular formula is C14H17N3O2S. The fourth-order valence-electron chi connectivity index (χ4n) is 1.75. The number of nitrogens with two attached hydrogens (primary N) is 1. The van der Waals surface area contributed by atoms with Crippen LogP contribution in [-0.2, 0) is 17.6 Å². The molecule has 0 aliphatic rings. The molecule has 1 aromatic carbocycles. The van der Waals surface area contributed by atoms with E-state index < -0.39 is 0 Å². The average molecular weight is 291 g/mol. The number of benzene rings is 1. The molecule has 0 aliphatic heterocycles. The van der Waals surface area contributed by atoms with Gasteiger partial charge in [0.05, 0.1) is 17.1 Å². The molecule has 0 aliphatic carbocycles. The van der Waals surface area contributed by atoms with Crippen molar-refractivity contribution >= 4 is 22.9 Å². The molecule has 0 atom stereocenters. The molecule has 0 bridgehead atoms. The second-order valence-corrected chi connectivity index (χ2v) is 5.34. The minimum Gasteiger partial charge on any atom is -0.508 e. The molecule has 106 valence electrons. The maximum absolute atomic E-state index is 11.9. The summed E-state index contributed by atoms with van der Waals surface area (Å²) in [6, 6.07) is 6.47. The van der Waals surface area contributed by atoms with Crippen LogP contribution in [0.4, 0.5) is 5.69 Å². The number of aryl methyl sites for hydroxylation is 1. The van der Waals surface area contributed by atoms with Crippen LogP contribution < -0.4 is 11.1 Å². The van der Waals surface area contributed by atoms with Crippen LogP contribution >= 0.6 is 11.3 Å². The number of phenols is 1. The van der Waals surface area contributed by atoms with E-state index in [1.807, 2.05) is 5.38 Å². The van der Waals surface area contributed by atoms with E-state index in [2.05, 4.69) is 10.3 Å². The van der Waals surface area contributed by atoms with Gasteiger partial charge in [0.1, 0.15) is 5.75 Å². The molecule has 0 saturated heterocycles. The first kappa shape index (κ1) is 14.5. The zero-order valence-corrected chi connectivity index (χ0v) is 11.8. The van der Waals surface area contributed by atoms with Gasteiger partial charge in [-0.05, 0) is 25.1 Å². The van der Waals surface area contributed by atoms with Gasteiger partial charge in [0.2, 0.25) is 5.91 Å². The smallest absolute Gasteiger partial charge is 0.230 e. The highest BCUT2D eigenvalue weighted by Gasteiger charge is 2.08. The summed E-state index contributed by atoms with van der Waals surface area (Å²) >= 11 is 1.55. The Kier molecular flexibility index (Phi) is 5.09. The van der Waals surface area contributed by atoms with Gasteiger partial charge >= 0.3 is 0 Å². The van der Waals surface area contributed by atoms with Gasteiger partial charge in [0.25, 0.3) is 0 Å². The number of nitrogens with one attached hydrogen (secondary N) is 1. The summed E-state index contributed by atoms with van der Waals surface area (Å²) in [4.78, 5) is 16.3. The van der Waals surface area contributed by atoms with E-state index in [0.29, 0.717) is 12.2 Å². The third-order valence-corrected chi connectivity index (χ3v) is 3.62. The summed E-state index contributed by atoms with van der Waals surface area (Å²) < 4.78 is 0. The second kappa shape index (κ2) is 7.02. The number of phenolic OH excluding ortho intramolecular Hbond substituents is 1. The van der Waals surface area contributed by atoms with Crippen LogP contribution in [-0.4, -0.2) is 22.5 Å². The number of rotatable bonds is 6. The number of nitrogens with zero attached hydrogens (tertiary/aromatic N) is 1. The number of aromatic nitrogens is 1. The molecule has 1 amide bonds. The predicted molar refractivity (Wildman–Crippen MR) is 79.9 cm³/mol. The molecule has 0 radical (unpaired) electrons. The Balaban J connectivity index is 1.89. The Hall–Kier alpha value is -1.92. The Morgan fingerprint density at radius 1 is 1.45 bits per heavy atom. The monoisotopic (exact) mass is 291 g/mol. The van der Waals surface area contributed by atoms with Crippen molar-refractivity contribution in [1.29, 1.82) is 0 Å². The zero-order valence-electron chi connectivity index (χ0n) is 11.0. The third kappa shape index (κ3) is 4.32. The largest absolute Gasteiger partial charge is 0.508 e. The molecule has 1 heterocycles. The van der Waals surface area contributed by atoms with Crippen LogP contribution in [0.2, 0.25) is 0 Å². The fraction of sp³-hybridized carbons (Fsp3) is 0.286. The number of hydrogen-bond donors (Lipinski definition) is 3. The molecule has 4 N–H and O–H groups in total. The van der Waals surface area contributed by atoms with Gasteiger partial charge in [-0.25, -0.2) is 4.98 Å². The number of carbonyl (C=O) groups excluding carboxylic acids is 1. The molecule has 20 heavy (non-hydrogen) atoms. The molecule has 0 saturated carbocycles. The number of carbonyl (C=O) groups is 1. The van der Waals surface area contributed by atoms with Gasteiger partial charge in [0, 0.05) is 23.6 Å². The van der Waals surface area contributed by atoms with Crippen LogP contribution in [0.25, 0.3) is 0 Å². The number of aromatic hydroxyl groups is 1. The first-order chi connectivity index (χ1) is 9.67. The maximum atomic E-state index is 11.9. The third-order valence-electron chi connectivity index (χ3n) is 2.67. The van der Waals surface area contributed by atoms with Gasteiger partial charge in [-0.2, -0.15) is 0 Å². The van der Waals surface area contributed by atoms with E-state index in [1.165, 1.54) is 6.07 Å². The van der Waals surface area contributed by atoms with Gasteiger partial charge in [-0.3, -0.25) is 4.79 Å². The lowest BCUT2D eigenvalue weighted by Gasteiger charge is -2.04. The Morgan fingerprint density at radius 3 is 3.05 bits per heavy atom. The fourth-order valence-corrected chi connectivity index (χ4v) is 2.59. The highest BCUT2D eigenvalue weighted by atomic mass is 32.1. The van der Waals surface area contributed by atoms with E-state index in [1.54, 1.807) is 29.5 Å². The topological polar surface area (TPSA) is 88.2 Å². The van der Waals surface area contributed by atoms with Gasteiger partial charge in [0.15, 0.2) is 0 Å². The molecule has 2 rings (SSSR count). The Morgan fingerprint density at radius 2 is 2.30 bits per heavy atom. The summed E-state index contributed by atoms with van der Waals surface area (Å²) in [6.45, 7) is 0.646. The van der Waals surface area contributed by atoms with Crippen LogP contribution in [0, 0.1) is 0 Å². The Bertz CT molecular complexity index is 583. The highest BCUT2D eigenvalue weighted by molar-refractivity contribution is 7.09. The summed E-state index contributed by atoms with van der Waals surface area (Å²) in [5.74, 6) is -0.0215. The van der Waals surface area contributed by atoms with E-state index in [9.17, 15) is 9.90 Å². The van der Waals surface area contributed by atoms with E-state index in [4.69, 9.17) is 5.73 Å². The lowest BCUT2D eigenvalue weighted by Crippen LogP contribution is -2.14. The van der Waals surface area contributed by atoms with Gasteiger partial charge in [-0.15, -0.1) is 11.3 Å². The minimum atomic E-state index is -0.147. The lowest BCUT2D eigenvalue weighted by molar-refractivity contribution is -0.115. The van der Waals surface area contributed by atoms with E-state index in [-0.39, 0.29) is 18.1 Å². The first-order valence-electron chi connectivity index (χ1n) is 6.39. The van der Waals surface area contributed by atoms with Crippen molar-refractivity contribution < 1.29 is 9.90 Å². The van der Waals surface area contributed by atoms with Crippen LogP contribution in [0.5, 0.6) is 5.75 Å². The van der Waals surface area contributed by atoms with Gasteiger partial charge in [-0.1, -0.05) is 6.07 Å². The molecule has 0 spiro atoms. The van der Waals surface area contributed by atoms with Crippen molar-refractivity contribution in [2.75, 3.05) is 11.9 Å². The zero-order chi connectivity index (χ0) is 14.4. The van der Waals surface area contributed by atoms with E-state index >= 15 is 0 Å². The summed E-state index contributed by atoms with van der Waals surface area (Å²) in [6.07, 6.45) is 1.99. The number of amides is 1.